The first-order valence-corrected chi connectivity index (χ1v) is 6.74. The Morgan fingerprint density at radius 3 is 2.78 bits per heavy atom. The zero-order valence-corrected chi connectivity index (χ0v) is 11.2. The zero-order valence-electron chi connectivity index (χ0n) is 10.4. The number of hydrogen-bond acceptors (Lipinski definition) is 6. The van der Waals surface area contributed by atoms with E-state index in [9.17, 15) is 4.21 Å². The van der Waals surface area contributed by atoms with E-state index in [0.717, 1.165) is 0 Å². The third kappa shape index (κ3) is 2.90. The molecule has 0 bridgehead atoms. The highest BCUT2D eigenvalue weighted by molar-refractivity contribution is 7.84. The van der Waals surface area contributed by atoms with Crippen molar-refractivity contribution in [1.82, 2.24) is 9.97 Å². The summed E-state index contributed by atoms with van der Waals surface area (Å²) in [6, 6.07) is 1.70. The Hall–Kier alpha value is -1.81. The molecule has 1 aromatic heterocycles. The quantitative estimate of drug-likeness (QED) is 0.505. The van der Waals surface area contributed by atoms with Gasteiger partial charge in [-0.25, -0.2) is 4.98 Å². The highest BCUT2D eigenvalue weighted by Gasteiger charge is 2.17. The molecule has 1 heterocycles. The highest BCUT2D eigenvalue weighted by atomic mass is 32.2. The van der Waals surface area contributed by atoms with Crippen LogP contribution in [0.1, 0.15) is 38.1 Å². The van der Waals surface area contributed by atoms with Crippen LogP contribution in [0.5, 0.6) is 0 Å². The molecule has 7 heteroatoms. The fourth-order valence-electron chi connectivity index (χ4n) is 1.33. The number of nitrogens with zero attached hydrogens (tertiary/aromatic N) is 4. The fourth-order valence-corrected chi connectivity index (χ4v) is 2.32. The molecule has 96 valence electrons. The van der Waals surface area contributed by atoms with Crippen molar-refractivity contribution >= 4 is 16.5 Å². The van der Waals surface area contributed by atoms with E-state index in [1.165, 1.54) is 6.20 Å². The molecule has 6 nitrogen and oxygen atoms in total. The summed E-state index contributed by atoms with van der Waals surface area (Å²) in [5, 5.41) is 20.6. The molecule has 0 aliphatic carbocycles. The highest BCUT2D eigenvalue weighted by Crippen LogP contribution is 2.19. The van der Waals surface area contributed by atoms with Crippen molar-refractivity contribution in [1.29, 1.82) is 5.26 Å². The minimum absolute atomic E-state index is 0.0775. The maximum Gasteiger partial charge on any atom is 0.206 e. The van der Waals surface area contributed by atoms with Gasteiger partial charge in [-0.2, -0.15) is 5.26 Å². The van der Waals surface area contributed by atoms with Crippen molar-refractivity contribution in [2.24, 2.45) is 5.16 Å². The van der Waals surface area contributed by atoms with E-state index < -0.39 is 10.8 Å². The Kier molecular flexibility index (Phi) is 4.92. The predicted octanol–water partition coefficient (Wildman–Crippen LogP) is 1.43. The van der Waals surface area contributed by atoms with Crippen LogP contribution in [-0.4, -0.2) is 30.8 Å². The first-order valence-electron chi connectivity index (χ1n) is 5.42. The maximum atomic E-state index is 11.9. The fraction of sp³-hybridized carbons (Fsp3) is 0.455. The van der Waals surface area contributed by atoms with Gasteiger partial charge in [0, 0.05) is 5.75 Å². The summed E-state index contributed by atoms with van der Waals surface area (Å²) in [6.07, 6.45) is 1.35. The molecular weight excluding hydrogens is 252 g/mol. The van der Waals surface area contributed by atoms with Crippen molar-refractivity contribution in [3.63, 3.8) is 0 Å². The second kappa shape index (κ2) is 6.21. The van der Waals surface area contributed by atoms with E-state index in [4.69, 9.17) is 10.5 Å². The summed E-state index contributed by atoms with van der Waals surface area (Å²) in [6.45, 7) is 5.62. The number of oxime groups is 1. The van der Waals surface area contributed by atoms with Gasteiger partial charge in [-0.15, -0.1) is 0 Å². The average molecular weight is 266 g/mol. The minimum atomic E-state index is -1.27. The molecule has 0 spiro atoms. The normalized spacial score (nSPS) is 13.4. The van der Waals surface area contributed by atoms with Crippen LogP contribution in [0.3, 0.4) is 0 Å². The molecular formula is C11H14N4O2S. The molecule has 1 N–H and O–H groups in total. The Morgan fingerprint density at radius 2 is 2.33 bits per heavy atom. The van der Waals surface area contributed by atoms with Crippen LogP contribution in [0.15, 0.2) is 16.4 Å². The van der Waals surface area contributed by atoms with Crippen molar-refractivity contribution in [3.05, 3.63) is 17.6 Å². The lowest BCUT2D eigenvalue weighted by Crippen LogP contribution is -2.12. The van der Waals surface area contributed by atoms with Crippen LogP contribution >= 0.6 is 0 Å². The number of hydrogen-bond donors (Lipinski definition) is 1. The van der Waals surface area contributed by atoms with Gasteiger partial charge in [-0.05, 0) is 5.92 Å². The van der Waals surface area contributed by atoms with Gasteiger partial charge in [-0.3, -0.25) is 9.19 Å². The minimum Gasteiger partial charge on any atom is -0.410 e. The van der Waals surface area contributed by atoms with Crippen LogP contribution in [0.2, 0.25) is 0 Å². The summed E-state index contributed by atoms with van der Waals surface area (Å²) in [5.74, 6) is 0.490. The first kappa shape index (κ1) is 14.3. The molecule has 0 amide bonds. The molecule has 1 atom stereocenters. The standard InChI is InChI=1S/C11H14N4O2S/c1-4-18(17)11-10(7(2)3)13-6-9(14-11)8(5-12)15-16/h6-7,16H,4H2,1-3H3/b15-8+. The molecule has 0 saturated heterocycles. The van der Waals surface area contributed by atoms with Gasteiger partial charge in [0.1, 0.15) is 16.8 Å². The molecule has 0 aliphatic heterocycles. The maximum absolute atomic E-state index is 11.9. The number of aromatic nitrogens is 2. The molecule has 0 saturated carbocycles. The topological polar surface area (TPSA) is 99.2 Å². The van der Waals surface area contributed by atoms with Gasteiger partial charge in [0.2, 0.25) is 5.71 Å². The summed E-state index contributed by atoms with van der Waals surface area (Å²) in [5.41, 5.74) is 0.516. The van der Waals surface area contributed by atoms with E-state index in [0.29, 0.717) is 16.5 Å². The second-order valence-electron chi connectivity index (χ2n) is 3.79. The third-order valence-electron chi connectivity index (χ3n) is 2.24. The predicted molar refractivity (Wildman–Crippen MR) is 67.0 cm³/mol. The van der Waals surface area contributed by atoms with E-state index in [-0.39, 0.29) is 17.3 Å². The smallest absolute Gasteiger partial charge is 0.206 e. The van der Waals surface area contributed by atoms with Gasteiger partial charge in [0.15, 0.2) is 0 Å². The number of nitriles is 1. The van der Waals surface area contributed by atoms with Gasteiger partial charge < -0.3 is 5.21 Å². The summed E-state index contributed by atoms with van der Waals surface area (Å²) in [7, 11) is -1.27. The van der Waals surface area contributed by atoms with Gasteiger partial charge in [0.25, 0.3) is 0 Å². The van der Waals surface area contributed by atoms with Crippen LogP contribution in [-0.2, 0) is 10.8 Å². The lowest BCUT2D eigenvalue weighted by molar-refractivity contribution is 0.320. The van der Waals surface area contributed by atoms with Crippen molar-refractivity contribution in [2.45, 2.75) is 31.7 Å². The van der Waals surface area contributed by atoms with Gasteiger partial charge in [-0.1, -0.05) is 25.9 Å². The van der Waals surface area contributed by atoms with Gasteiger partial charge in [0.05, 0.1) is 22.7 Å². The lowest BCUT2D eigenvalue weighted by atomic mass is 10.1. The summed E-state index contributed by atoms with van der Waals surface area (Å²) < 4.78 is 11.9. The van der Waals surface area contributed by atoms with E-state index in [1.807, 2.05) is 13.8 Å². The Labute approximate surface area is 108 Å². The molecule has 0 aromatic carbocycles. The Morgan fingerprint density at radius 1 is 1.67 bits per heavy atom. The van der Waals surface area contributed by atoms with Gasteiger partial charge >= 0.3 is 0 Å². The molecule has 0 aliphatic rings. The van der Waals surface area contributed by atoms with Crippen molar-refractivity contribution < 1.29 is 9.42 Å². The molecule has 1 aromatic rings. The largest absolute Gasteiger partial charge is 0.410 e. The zero-order chi connectivity index (χ0) is 13.7. The SMILES string of the molecule is CCS(=O)c1nc(/C(C#N)=N/O)cnc1C(C)C. The van der Waals surface area contributed by atoms with Crippen LogP contribution < -0.4 is 0 Å². The Balaban J connectivity index is 3.40. The van der Waals surface area contributed by atoms with Crippen LogP contribution in [0, 0.1) is 11.3 Å². The van der Waals surface area contributed by atoms with E-state index in [1.54, 1.807) is 13.0 Å². The third-order valence-corrected chi connectivity index (χ3v) is 3.50. The molecule has 1 unspecified atom stereocenters. The van der Waals surface area contributed by atoms with Crippen molar-refractivity contribution in [3.8, 4) is 6.07 Å². The number of rotatable bonds is 4. The van der Waals surface area contributed by atoms with E-state index in [2.05, 4.69) is 15.1 Å². The molecule has 18 heavy (non-hydrogen) atoms. The molecule has 0 radical (unpaired) electrons. The average Bonchev–Trinajstić information content (AvgIpc) is 2.38. The molecule has 0 fully saturated rings. The van der Waals surface area contributed by atoms with E-state index >= 15 is 0 Å². The molecule has 1 rings (SSSR count). The summed E-state index contributed by atoms with van der Waals surface area (Å²) >= 11 is 0. The Bertz CT molecular complexity index is 534. The summed E-state index contributed by atoms with van der Waals surface area (Å²) in [4.78, 5) is 8.30. The lowest BCUT2D eigenvalue weighted by Gasteiger charge is -2.10. The second-order valence-corrected chi connectivity index (χ2v) is 5.45. The van der Waals surface area contributed by atoms with Crippen molar-refractivity contribution in [2.75, 3.05) is 5.75 Å². The monoisotopic (exact) mass is 266 g/mol. The van der Waals surface area contributed by atoms with Crippen LogP contribution in [0.25, 0.3) is 0 Å². The van der Waals surface area contributed by atoms with Crippen LogP contribution in [0.4, 0.5) is 0 Å². The first-order chi connectivity index (χ1) is 8.54.